The van der Waals surface area contributed by atoms with Gasteiger partial charge in [0.05, 0.1) is 6.20 Å². The fourth-order valence-corrected chi connectivity index (χ4v) is 1.49. The molecule has 0 aromatic carbocycles. The van der Waals surface area contributed by atoms with Crippen LogP contribution in [0.5, 0.6) is 0 Å². The highest BCUT2D eigenvalue weighted by atomic mass is 16.5. The fourth-order valence-electron chi connectivity index (χ4n) is 1.49. The molecule has 2 atom stereocenters. The van der Waals surface area contributed by atoms with Crippen LogP contribution >= 0.6 is 0 Å². The molecule has 2 aliphatic rings. The standard InChI is InChI=1S/C5H9N.C3H4N2O/c1-4-2-6-3-5(1)4;4-3-1-2-5-6-3/h4-6H,1-3H2;1-2H,4H2. The number of nitrogens with two attached hydrogens (primary N) is 1. The molecule has 1 saturated carbocycles. The molecule has 0 amide bonds. The van der Waals surface area contributed by atoms with E-state index in [1.165, 1.54) is 25.7 Å². The van der Waals surface area contributed by atoms with Crippen LogP contribution in [0.25, 0.3) is 0 Å². The zero-order valence-corrected chi connectivity index (χ0v) is 6.86. The van der Waals surface area contributed by atoms with Crippen molar-refractivity contribution in [2.24, 2.45) is 11.8 Å². The minimum atomic E-state index is 0.356. The van der Waals surface area contributed by atoms with E-state index < -0.39 is 0 Å². The zero-order chi connectivity index (χ0) is 8.39. The second-order valence-corrected chi connectivity index (χ2v) is 3.33. The quantitative estimate of drug-likeness (QED) is 0.590. The van der Waals surface area contributed by atoms with Crippen molar-refractivity contribution in [2.45, 2.75) is 6.42 Å². The number of nitrogens with zero attached hydrogens (tertiary/aromatic N) is 1. The predicted octanol–water partition coefficient (Wildman–Crippen LogP) is 0.482. The van der Waals surface area contributed by atoms with Gasteiger partial charge in [-0.15, -0.1) is 0 Å². The monoisotopic (exact) mass is 167 g/mol. The lowest BCUT2D eigenvalue weighted by Crippen LogP contribution is -2.10. The Morgan fingerprint density at radius 2 is 2.25 bits per heavy atom. The summed E-state index contributed by atoms with van der Waals surface area (Å²) in [7, 11) is 0. The smallest absolute Gasteiger partial charge is 0.222 e. The fraction of sp³-hybridized carbons (Fsp3) is 0.625. The SMILES string of the molecule is C1NCC2CC12.Nc1ccno1. The van der Waals surface area contributed by atoms with Crippen LogP contribution in [0.4, 0.5) is 5.88 Å². The first kappa shape index (κ1) is 7.61. The van der Waals surface area contributed by atoms with E-state index in [1.54, 1.807) is 6.07 Å². The Bertz CT molecular complexity index is 226. The summed E-state index contributed by atoms with van der Waals surface area (Å²) >= 11 is 0. The molecule has 0 radical (unpaired) electrons. The highest BCUT2D eigenvalue weighted by molar-refractivity contribution is 5.17. The summed E-state index contributed by atoms with van der Waals surface area (Å²) < 4.78 is 4.36. The molecule has 0 bridgehead atoms. The van der Waals surface area contributed by atoms with Gasteiger partial charge in [-0.2, -0.15) is 0 Å². The molecule has 4 nitrogen and oxygen atoms in total. The average molecular weight is 167 g/mol. The van der Waals surface area contributed by atoms with Gasteiger partial charge in [0, 0.05) is 6.07 Å². The molecule has 3 N–H and O–H groups in total. The van der Waals surface area contributed by atoms with Crippen LogP contribution in [0.2, 0.25) is 0 Å². The van der Waals surface area contributed by atoms with Gasteiger partial charge in [-0.05, 0) is 31.3 Å². The summed E-state index contributed by atoms with van der Waals surface area (Å²) in [6.45, 7) is 2.62. The molecular formula is C8H13N3O. The third-order valence-electron chi connectivity index (χ3n) is 2.34. The molecule has 66 valence electrons. The Morgan fingerprint density at radius 3 is 2.42 bits per heavy atom. The molecule has 0 spiro atoms. The average Bonchev–Trinajstić information content (AvgIpc) is 2.55. The van der Waals surface area contributed by atoms with E-state index in [1.807, 2.05) is 0 Å². The van der Waals surface area contributed by atoms with Crippen molar-refractivity contribution >= 4 is 5.88 Å². The van der Waals surface area contributed by atoms with Gasteiger partial charge < -0.3 is 15.6 Å². The molecule has 1 aromatic rings. The highest BCUT2D eigenvalue weighted by Gasteiger charge is 2.40. The number of anilines is 1. The molecule has 2 fully saturated rings. The molecule has 1 aliphatic carbocycles. The number of nitrogens with one attached hydrogen (secondary N) is 1. The molecule has 12 heavy (non-hydrogen) atoms. The molecular weight excluding hydrogens is 154 g/mol. The summed E-state index contributed by atoms with van der Waals surface area (Å²) in [6, 6.07) is 1.58. The van der Waals surface area contributed by atoms with Gasteiger partial charge in [-0.25, -0.2) is 0 Å². The van der Waals surface area contributed by atoms with Gasteiger partial charge in [-0.1, -0.05) is 5.16 Å². The number of aromatic nitrogens is 1. The Labute approximate surface area is 71.1 Å². The maximum Gasteiger partial charge on any atom is 0.222 e. The minimum Gasteiger partial charge on any atom is -0.368 e. The number of piperidine rings is 1. The van der Waals surface area contributed by atoms with Gasteiger partial charge >= 0.3 is 0 Å². The molecule has 1 aromatic heterocycles. The van der Waals surface area contributed by atoms with Crippen LogP contribution in [0.1, 0.15) is 6.42 Å². The van der Waals surface area contributed by atoms with Crippen LogP contribution in [0, 0.1) is 11.8 Å². The van der Waals surface area contributed by atoms with Crippen molar-refractivity contribution in [3.8, 4) is 0 Å². The Hall–Kier alpha value is -1.03. The molecule has 1 aliphatic heterocycles. The summed E-state index contributed by atoms with van der Waals surface area (Å²) in [5, 5.41) is 6.64. The van der Waals surface area contributed by atoms with E-state index in [4.69, 9.17) is 5.73 Å². The lowest BCUT2D eigenvalue weighted by molar-refractivity contribution is 0.436. The van der Waals surface area contributed by atoms with E-state index in [0.29, 0.717) is 5.88 Å². The molecule has 1 saturated heterocycles. The number of hydrogen-bond acceptors (Lipinski definition) is 4. The second kappa shape index (κ2) is 3.15. The van der Waals surface area contributed by atoms with Crippen molar-refractivity contribution in [1.82, 2.24) is 10.5 Å². The van der Waals surface area contributed by atoms with Crippen LogP contribution < -0.4 is 11.1 Å². The highest BCUT2D eigenvalue weighted by Crippen LogP contribution is 2.40. The van der Waals surface area contributed by atoms with E-state index in [2.05, 4.69) is 15.0 Å². The normalized spacial score (nSPS) is 30.3. The van der Waals surface area contributed by atoms with Crippen molar-refractivity contribution in [3.63, 3.8) is 0 Å². The number of fused-ring (bicyclic) bond motifs is 1. The molecule has 2 heterocycles. The van der Waals surface area contributed by atoms with Crippen molar-refractivity contribution < 1.29 is 4.52 Å². The molecule has 3 rings (SSSR count). The van der Waals surface area contributed by atoms with Crippen LogP contribution in [0.15, 0.2) is 16.8 Å². The third-order valence-corrected chi connectivity index (χ3v) is 2.34. The number of rotatable bonds is 0. The number of nitrogen functional groups attached to an aromatic ring is 1. The van der Waals surface area contributed by atoms with E-state index in [0.717, 1.165) is 11.8 Å². The second-order valence-electron chi connectivity index (χ2n) is 3.33. The van der Waals surface area contributed by atoms with Gasteiger partial charge in [0.1, 0.15) is 0 Å². The summed E-state index contributed by atoms with van der Waals surface area (Å²) in [4.78, 5) is 0. The van der Waals surface area contributed by atoms with Gasteiger partial charge in [-0.3, -0.25) is 0 Å². The zero-order valence-electron chi connectivity index (χ0n) is 6.86. The number of hydrogen-bond donors (Lipinski definition) is 2. The Morgan fingerprint density at radius 1 is 1.50 bits per heavy atom. The Balaban J connectivity index is 0.0000000939. The minimum absolute atomic E-state index is 0.356. The summed E-state index contributed by atoms with van der Waals surface area (Å²) in [5.74, 6) is 2.56. The summed E-state index contributed by atoms with van der Waals surface area (Å²) in [5.41, 5.74) is 5.05. The van der Waals surface area contributed by atoms with Crippen LogP contribution in [0.3, 0.4) is 0 Å². The van der Waals surface area contributed by atoms with Gasteiger partial charge in [0.2, 0.25) is 5.88 Å². The van der Waals surface area contributed by atoms with Crippen molar-refractivity contribution in [2.75, 3.05) is 18.8 Å². The first-order chi connectivity index (χ1) is 5.86. The first-order valence-electron chi connectivity index (χ1n) is 4.23. The van der Waals surface area contributed by atoms with Crippen LogP contribution in [-0.4, -0.2) is 18.2 Å². The summed E-state index contributed by atoms with van der Waals surface area (Å²) in [6.07, 6.45) is 3.02. The van der Waals surface area contributed by atoms with Crippen molar-refractivity contribution in [3.05, 3.63) is 12.3 Å². The Kier molecular flexibility index (Phi) is 1.99. The van der Waals surface area contributed by atoms with Gasteiger partial charge in [0.25, 0.3) is 0 Å². The van der Waals surface area contributed by atoms with E-state index in [9.17, 15) is 0 Å². The van der Waals surface area contributed by atoms with Gasteiger partial charge in [0.15, 0.2) is 0 Å². The predicted molar refractivity (Wildman–Crippen MR) is 45.4 cm³/mol. The first-order valence-corrected chi connectivity index (χ1v) is 4.23. The lowest BCUT2D eigenvalue weighted by Gasteiger charge is -1.87. The van der Waals surface area contributed by atoms with E-state index >= 15 is 0 Å². The van der Waals surface area contributed by atoms with Crippen molar-refractivity contribution in [1.29, 1.82) is 0 Å². The lowest BCUT2D eigenvalue weighted by atomic mass is 10.4. The maximum absolute atomic E-state index is 5.05. The van der Waals surface area contributed by atoms with Crippen LogP contribution in [-0.2, 0) is 0 Å². The molecule has 4 heteroatoms. The topological polar surface area (TPSA) is 64.1 Å². The van der Waals surface area contributed by atoms with E-state index in [-0.39, 0.29) is 0 Å². The third kappa shape index (κ3) is 1.76. The maximum atomic E-state index is 5.05. The largest absolute Gasteiger partial charge is 0.368 e. The molecule has 2 unspecified atom stereocenters.